The van der Waals surface area contributed by atoms with Crippen molar-refractivity contribution in [2.75, 3.05) is 33.3 Å². The Hall–Kier alpha value is -1.86. The predicted octanol–water partition coefficient (Wildman–Crippen LogP) is 2.27. The maximum absolute atomic E-state index is 12.9. The van der Waals surface area contributed by atoms with Crippen molar-refractivity contribution < 1.29 is 17.9 Å². The number of likely N-dealkylation sites (tertiary alicyclic amines) is 1. The van der Waals surface area contributed by atoms with Crippen LogP contribution in [-0.2, 0) is 14.8 Å². The average molecular weight is 366 g/mol. The standard InChI is InChI=1S/C18H26N2O4S/c1-3-12-20(15-18(21)19-13-6-4-5-7-14-19)25(22,23)17-10-8-16(24-2)9-11-17/h3,8-11H,1,4-7,12-15H2,2H3. The van der Waals surface area contributed by atoms with Gasteiger partial charge in [-0.2, -0.15) is 4.31 Å². The van der Waals surface area contributed by atoms with Crippen molar-refractivity contribution >= 4 is 15.9 Å². The number of hydrogen-bond donors (Lipinski definition) is 0. The predicted molar refractivity (Wildman–Crippen MR) is 97.0 cm³/mol. The van der Waals surface area contributed by atoms with Gasteiger partial charge in [0.1, 0.15) is 5.75 Å². The monoisotopic (exact) mass is 366 g/mol. The van der Waals surface area contributed by atoms with Gasteiger partial charge in [0.05, 0.1) is 18.6 Å². The van der Waals surface area contributed by atoms with E-state index in [0.29, 0.717) is 18.8 Å². The van der Waals surface area contributed by atoms with E-state index < -0.39 is 10.0 Å². The van der Waals surface area contributed by atoms with Gasteiger partial charge < -0.3 is 9.64 Å². The molecule has 6 nitrogen and oxygen atoms in total. The molecule has 0 unspecified atom stereocenters. The van der Waals surface area contributed by atoms with Crippen LogP contribution in [0.3, 0.4) is 0 Å². The van der Waals surface area contributed by atoms with Crippen LogP contribution in [-0.4, -0.2) is 56.8 Å². The molecule has 138 valence electrons. The van der Waals surface area contributed by atoms with Crippen LogP contribution < -0.4 is 4.74 Å². The molecule has 0 radical (unpaired) electrons. The highest BCUT2D eigenvalue weighted by molar-refractivity contribution is 7.89. The van der Waals surface area contributed by atoms with Gasteiger partial charge >= 0.3 is 0 Å². The first-order chi connectivity index (χ1) is 12.0. The Bertz CT molecular complexity index is 678. The number of hydrogen-bond acceptors (Lipinski definition) is 4. The van der Waals surface area contributed by atoms with Gasteiger partial charge in [-0.15, -0.1) is 6.58 Å². The molecular formula is C18H26N2O4S. The summed E-state index contributed by atoms with van der Waals surface area (Å²) in [4.78, 5) is 14.5. The van der Waals surface area contributed by atoms with Crippen molar-refractivity contribution in [3.05, 3.63) is 36.9 Å². The minimum absolute atomic E-state index is 0.0912. The van der Waals surface area contributed by atoms with E-state index in [1.54, 1.807) is 17.0 Å². The van der Waals surface area contributed by atoms with Crippen LogP contribution in [0.5, 0.6) is 5.75 Å². The van der Waals surface area contributed by atoms with Crippen molar-refractivity contribution in [3.63, 3.8) is 0 Å². The molecule has 0 aromatic heterocycles. The Balaban J connectivity index is 2.16. The number of ether oxygens (including phenoxy) is 1. The van der Waals surface area contributed by atoms with Gasteiger partial charge in [0.15, 0.2) is 0 Å². The Kier molecular flexibility index (Phi) is 7.01. The first-order valence-electron chi connectivity index (χ1n) is 8.52. The molecule has 1 saturated heterocycles. The lowest BCUT2D eigenvalue weighted by Crippen LogP contribution is -2.43. The summed E-state index contributed by atoms with van der Waals surface area (Å²) in [6.07, 6.45) is 5.67. The first-order valence-corrected chi connectivity index (χ1v) is 9.96. The van der Waals surface area contributed by atoms with Crippen LogP contribution in [0, 0.1) is 0 Å². The lowest BCUT2D eigenvalue weighted by atomic mass is 10.2. The van der Waals surface area contributed by atoms with Crippen LogP contribution in [0.4, 0.5) is 0 Å². The Morgan fingerprint density at radius 1 is 1.20 bits per heavy atom. The molecule has 25 heavy (non-hydrogen) atoms. The minimum Gasteiger partial charge on any atom is -0.497 e. The first kappa shape index (κ1) is 19.5. The Labute approximate surface area is 150 Å². The van der Waals surface area contributed by atoms with Gasteiger partial charge in [-0.05, 0) is 37.1 Å². The molecule has 0 aliphatic carbocycles. The van der Waals surface area contributed by atoms with Crippen LogP contribution >= 0.6 is 0 Å². The van der Waals surface area contributed by atoms with Crippen LogP contribution in [0.15, 0.2) is 41.8 Å². The van der Waals surface area contributed by atoms with E-state index in [2.05, 4.69) is 6.58 Å². The van der Waals surface area contributed by atoms with Gasteiger partial charge in [-0.3, -0.25) is 4.79 Å². The molecule has 1 aliphatic rings. The molecule has 1 aromatic carbocycles. The molecule has 0 saturated carbocycles. The Morgan fingerprint density at radius 3 is 2.32 bits per heavy atom. The molecule has 1 heterocycles. The van der Waals surface area contributed by atoms with E-state index in [4.69, 9.17) is 4.74 Å². The van der Waals surface area contributed by atoms with E-state index in [9.17, 15) is 13.2 Å². The quantitative estimate of drug-likeness (QED) is 0.695. The maximum atomic E-state index is 12.9. The highest BCUT2D eigenvalue weighted by Crippen LogP contribution is 2.20. The molecule has 1 amide bonds. The zero-order valence-corrected chi connectivity index (χ0v) is 15.5. The average Bonchev–Trinajstić information content (AvgIpc) is 2.90. The molecule has 1 aromatic rings. The minimum atomic E-state index is -3.77. The summed E-state index contributed by atoms with van der Waals surface area (Å²) in [5.41, 5.74) is 0. The van der Waals surface area contributed by atoms with Crippen molar-refractivity contribution in [1.29, 1.82) is 0 Å². The summed E-state index contributed by atoms with van der Waals surface area (Å²) in [6.45, 7) is 4.94. The summed E-state index contributed by atoms with van der Waals surface area (Å²) < 4.78 is 32.0. The van der Waals surface area contributed by atoms with Gasteiger partial charge in [0.25, 0.3) is 0 Å². The second-order valence-electron chi connectivity index (χ2n) is 6.06. The van der Waals surface area contributed by atoms with Crippen molar-refractivity contribution in [2.45, 2.75) is 30.6 Å². The normalized spacial score (nSPS) is 15.7. The smallest absolute Gasteiger partial charge is 0.243 e. The third kappa shape index (κ3) is 5.06. The summed E-state index contributed by atoms with van der Waals surface area (Å²) in [7, 11) is -2.25. The number of methoxy groups -OCH3 is 1. The highest BCUT2D eigenvalue weighted by atomic mass is 32.2. The van der Waals surface area contributed by atoms with Gasteiger partial charge in [0.2, 0.25) is 15.9 Å². The summed E-state index contributed by atoms with van der Waals surface area (Å²) in [5, 5.41) is 0. The van der Waals surface area contributed by atoms with Crippen molar-refractivity contribution in [3.8, 4) is 5.75 Å². The fraction of sp³-hybridized carbons (Fsp3) is 0.500. The van der Waals surface area contributed by atoms with E-state index in [-0.39, 0.29) is 23.9 Å². The molecule has 0 bridgehead atoms. The molecule has 0 spiro atoms. The summed E-state index contributed by atoms with van der Waals surface area (Å²) in [6, 6.07) is 6.16. The maximum Gasteiger partial charge on any atom is 0.243 e. The van der Waals surface area contributed by atoms with E-state index >= 15 is 0 Å². The zero-order chi connectivity index (χ0) is 18.3. The molecule has 1 aliphatic heterocycles. The van der Waals surface area contributed by atoms with E-state index in [0.717, 1.165) is 25.7 Å². The third-order valence-electron chi connectivity index (χ3n) is 4.30. The molecule has 0 N–H and O–H groups in total. The lowest BCUT2D eigenvalue weighted by molar-refractivity contribution is -0.131. The lowest BCUT2D eigenvalue weighted by Gasteiger charge is -2.25. The highest BCUT2D eigenvalue weighted by Gasteiger charge is 2.27. The molecular weight excluding hydrogens is 340 g/mol. The van der Waals surface area contributed by atoms with E-state index in [1.807, 2.05) is 0 Å². The van der Waals surface area contributed by atoms with Crippen LogP contribution in [0.2, 0.25) is 0 Å². The van der Waals surface area contributed by atoms with Gasteiger partial charge in [0, 0.05) is 19.6 Å². The second-order valence-corrected chi connectivity index (χ2v) is 7.99. The van der Waals surface area contributed by atoms with E-state index in [1.165, 1.54) is 29.6 Å². The largest absolute Gasteiger partial charge is 0.497 e. The second kappa shape index (κ2) is 9.01. The third-order valence-corrected chi connectivity index (χ3v) is 6.13. The van der Waals surface area contributed by atoms with Crippen molar-refractivity contribution in [2.24, 2.45) is 0 Å². The summed E-state index contributed by atoms with van der Waals surface area (Å²) in [5.74, 6) is 0.427. The molecule has 7 heteroatoms. The molecule has 1 fully saturated rings. The SMILES string of the molecule is C=CCN(CC(=O)N1CCCCCC1)S(=O)(=O)c1ccc(OC)cc1. The number of sulfonamides is 1. The molecule has 2 rings (SSSR count). The fourth-order valence-corrected chi connectivity index (χ4v) is 4.22. The number of carbonyl (C=O) groups is 1. The number of benzene rings is 1. The van der Waals surface area contributed by atoms with Gasteiger partial charge in [-0.25, -0.2) is 8.42 Å². The number of rotatable bonds is 7. The number of amides is 1. The van der Waals surface area contributed by atoms with Crippen LogP contribution in [0.25, 0.3) is 0 Å². The van der Waals surface area contributed by atoms with Gasteiger partial charge in [-0.1, -0.05) is 18.9 Å². The van der Waals surface area contributed by atoms with Crippen LogP contribution in [0.1, 0.15) is 25.7 Å². The number of nitrogens with zero attached hydrogens (tertiary/aromatic N) is 2. The zero-order valence-electron chi connectivity index (χ0n) is 14.7. The molecule has 0 atom stereocenters. The van der Waals surface area contributed by atoms with Crippen molar-refractivity contribution in [1.82, 2.24) is 9.21 Å². The Morgan fingerprint density at radius 2 is 1.80 bits per heavy atom. The fourth-order valence-electron chi connectivity index (χ4n) is 2.86. The summed E-state index contributed by atoms with van der Waals surface area (Å²) >= 11 is 0. The topological polar surface area (TPSA) is 66.9 Å². The number of carbonyl (C=O) groups excluding carboxylic acids is 1.